The molecule has 0 aliphatic rings. The Hall–Kier alpha value is -3.99. The molecule has 194 valence electrons. The number of methoxy groups -OCH3 is 1. The van der Waals surface area contributed by atoms with Crippen molar-refractivity contribution in [3.8, 4) is 23.0 Å². The van der Waals surface area contributed by atoms with Crippen LogP contribution in [0.4, 0.5) is 0 Å². The molecule has 5 nitrogen and oxygen atoms in total. The fourth-order valence-electron chi connectivity index (χ4n) is 4.33. The Kier molecular flexibility index (Phi) is 10.4. The number of hydrogen-bond donors (Lipinski definition) is 3. The van der Waals surface area contributed by atoms with Crippen LogP contribution < -0.4 is 4.74 Å². The Morgan fingerprint density at radius 1 is 0.946 bits per heavy atom. The molecule has 3 aromatic carbocycles. The van der Waals surface area contributed by atoms with Crippen LogP contribution in [0.2, 0.25) is 0 Å². The van der Waals surface area contributed by atoms with Crippen LogP contribution in [0.3, 0.4) is 0 Å². The summed E-state index contributed by atoms with van der Waals surface area (Å²) in [6, 6.07) is 17.4. The number of allylic oxidation sites excluding steroid dienone is 3. The Balaban J connectivity index is 2.00. The lowest BCUT2D eigenvalue weighted by atomic mass is 9.87. The molecular weight excluding hydrogens is 464 g/mol. The van der Waals surface area contributed by atoms with Gasteiger partial charge < -0.3 is 20.1 Å². The summed E-state index contributed by atoms with van der Waals surface area (Å²) in [6.07, 6.45) is 13.7. The number of phenolic OH excluding ortho intramolecular Hbond substituents is 3. The van der Waals surface area contributed by atoms with Crippen molar-refractivity contribution in [1.82, 2.24) is 0 Å². The molecule has 0 amide bonds. The van der Waals surface area contributed by atoms with Crippen molar-refractivity contribution < 1.29 is 24.9 Å². The van der Waals surface area contributed by atoms with E-state index in [9.17, 15) is 20.1 Å². The van der Waals surface area contributed by atoms with Crippen LogP contribution >= 0.6 is 0 Å². The first kappa shape index (κ1) is 27.6. The van der Waals surface area contributed by atoms with Crippen molar-refractivity contribution in [2.75, 3.05) is 7.11 Å². The van der Waals surface area contributed by atoms with E-state index < -0.39 is 11.7 Å². The average molecular weight is 501 g/mol. The van der Waals surface area contributed by atoms with Gasteiger partial charge >= 0.3 is 0 Å². The molecule has 1 atom stereocenters. The zero-order chi connectivity index (χ0) is 26.6. The molecule has 0 radical (unpaired) electrons. The van der Waals surface area contributed by atoms with Gasteiger partial charge in [0, 0.05) is 17.5 Å². The lowest BCUT2D eigenvalue weighted by Crippen LogP contribution is -2.06. The fourth-order valence-corrected chi connectivity index (χ4v) is 4.33. The maximum atomic E-state index is 13.2. The minimum absolute atomic E-state index is 0.0146. The number of rotatable bonds is 13. The van der Waals surface area contributed by atoms with E-state index in [2.05, 4.69) is 6.92 Å². The second-order valence-corrected chi connectivity index (χ2v) is 9.04. The van der Waals surface area contributed by atoms with E-state index in [-0.39, 0.29) is 34.1 Å². The highest BCUT2D eigenvalue weighted by atomic mass is 16.5. The van der Waals surface area contributed by atoms with E-state index in [1.54, 1.807) is 30.3 Å². The number of ether oxygens (including phenoxy) is 1. The Morgan fingerprint density at radius 3 is 2.32 bits per heavy atom. The summed E-state index contributed by atoms with van der Waals surface area (Å²) in [4.78, 5) is 13.2. The quantitative estimate of drug-likeness (QED) is 0.0966. The first-order valence-electron chi connectivity index (χ1n) is 12.8. The summed E-state index contributed by atoms with van der Waals surface area (Å²) in [6.45, 7) is 2.19. The average Bonchev–Trinajstić information content (AvgIpc) is 2.91. The van der Waals surface area contributed by atoms with Crippen LogP contribution in [0.5, 0.6) is 23.0 Å². The molecule has 3 N–H and O–H groups in total. The van der Waals surface area contributed by atoms with Gasteiger partial charge in [-0.25, -0.2) is 0 Å². The Bertz CT molecular complexity index is 1210. The van der Waals surface area contributed by atoms with Crippen molar-refractivity contribution in [2.24, 2.45) is 0 Å². The summed E-state index contributed by atoms with van der Waals surface area (Å²) in [7, 11) is 1.39. The zero-order valence-electron chi connectivity index (χ0n) is 21.6. The van der Waals surface area contributed by atoms with Gasteiger partial charge in [-0.15, -0.1) is 0 Å². The minimum Gasteiger partial charge on any atom is -0.508 e. The SMILES string of the molecule is CCCCCCC/C=C/[C@@H](c1ccc(O)cc1)c1c(O)cc(OC)c(C(=O)/C=C/c2ccccc2)c1O. The van der Waals surface area contributed by atoms with Crippen LogP contribution in [0.25, 0.3) is 6.08 Å². The maximum Gasteiger partial charge on any atom is 0.193 e. The number of unbranched alkanes of at least 4 members (excludes halogenated alkanes) is 5. The molecule has 0 saturated heterocycles. The molecule has 0 unspecified atom stereocenters. The highest BCUT2D eigenvalue weighted by molar-refractivity contribution is 6.11. The van der Waals surface area contributed by atoms with Gasteiger partial charge in [0.2, 0.25) is 0 Å². The molecule has 0 heterocycles. The zero-order valence-corrected chi connectivity index (χ0v) is 21.6. The molecule has 0 aromatic heterocycles. The van der Waals surface area contributed by atoms with Crippen molar-refractivity contribution in [3.63, 3.8) is 0 Å². The third-order valence-corrected chi connectivity index (χ3v) is 6.34. The van der Waals surface area contributed by atoms with Crippen molar-refractivity contribution >= 4 is 11.9 Å². The van der Waals surface area contributed by atoms with Crippen LogP contribution in [-0.4, -0.2) is 28.2 Å². The normalized spacial score (nSPS) is 12.3. The lowest BCUT2D eigenvalue weighted by Gasteiger charge is -2.20. The molecule has 0 aliphatic heterocycles. The monoisotopic (exact) mass is 500 g/mol. The fraction of sp³-hybridized carbons (Fsp3) is 0.281. The van der Waals surface area contributed by atoms with Crippen LogP contribution in [0.15, 0.2) is 78.9 Å². The number of ketones is 1. The van der Waals surface area contributed by atoms with Crippen molar-refractivity contribution in [2.45, 2.75) is 51.4 Å². The van der Waals surface area contributed by atoms with Gasteiger partial charge in [0.05, 0.1) is 7.11 Å². The van der Waals surface area contributed by atoms with Gasteiger partial charge in [-0.3, -0.25) is 4.79 Å². The molecule has 37 heavy (non-hydrogen) atoms. The summed E-state index contributed by atoms with van der Waals surface area (Å²) >= 11 is 0. The van der Waals surface area contributed by atoms with Gasteiger partial charge in [-0.2, -0.15) is 0 Å². The van der Waals surface area contributed by atoms with Crippen molar-refractivity contribution in [1.29, 1.82) is 0 Å². The molecule has 3 aromatic rings. The van der Waals surface area contributed by atoms with E-state index in [1.165, 1.54) is 38.5 Å². The largest absolute Gasteiger partial charge is 0.508 e. The first-order valence-corrected chi connectivity index (χ1v) is 12.8. The second-order valence-electron chi connectivity index (χ2n) is 9.04. The predicted molar refractivity (Wildman–Crippen MR) is 149 cm³/mol. The van der Waals surface area contributed by atoms with Gasteiger partial charge in [0.15, 0.2) is 5.78 Å². The summed E-state index contributed by atoms with van der Waals surface area (Å²) in [5, 5.41) is 32.1. The minimum atomic E-state index is -0.535. The highest BCUT2D eigenvalue weighted by Gasteiger charge is 2.27. The van der Waals surface area contributed by atoms with E-state index in [0.717, 1.165) is 30.4 Å². The molecule has 0 spiro atoms. The third-order valence-electron chi connectivity index (χ3n) is 6.34. The third kappa shape index (κ3) is 7.50. The van der Waals surface area contributed by atoms with Crippen LogP contribution in [0.1, 0.15) is 78.4 Å². The van der Waals surface area contributed by atoms with E-state index in [4.69, 9.17) is 4.74 Å². The predicted octanol–water partition coefficient (Wildman–Crippen LogP) is 7.76. The van der Waals surface area contributed by atoms with Crippen molar-refractivity contribution in [3.05, 3.63) is 101 Å². The van der Waals surface area contributed by atoms with Gasteiger partial charge in [0.1, 0.15) is 28.6 Å². The highest BCUT2D eigenvalue weighted by Crippen LogP contribution is 2.45. The van der Waals surface area contributed by atoms with E-state index in [1.807, 2.05) is 42.5 Å². The lowest BCUT2D eigenvalue weighted by molar-refractivity contribution is 0.104. The molecule has 0 bridgehead atoms. The molecular formula is C32H36O5. The maximum absolute atomic E-state index is 13.2. The molecule has 0 aliphatic carbocycles. The van der Waals surface area contributed by atoms with E-state index in [0.29, 0.717) is 0 Å². The number of hydrogen-bond acceptors (Lipinski definition) is 5. The Morgan fingerprint density at radius 2 is 1.65 bits per heavy atom. The van der Waals surface area contributed by atoms with Crippen LogP contribution in [-0.2, 0) is 0 Å². The topological polar surface area (TPSA) is 87.0 Å². The number of phenols is 3. The first-order chi connectivity index (χ1) is 18.0. The van der Waals surface area contributed by atoms with Gasteiger partial charge in [-0.1, -0.05) is 93.3 Å². The number of carbonyl (C=O) groups is 1. The molecule has 3 rings (SSSR count). The molecule has 5 heteroatoms. The smallest absolute Gasteiger partial charge is 0.193 e. The molecule has 0 saturated carbocycles. The number of carbonyl (C=O) groups excluding carboxylic acids is 1. The Labute approximate surface area is 219 Å². The summed E-state index contributed by atoms with van der Waals surface area (Å²) in [5.41, 5.74) is 1.80. The van der Waals surface area contributed by atoms with E-state index >= 15 is 0 Å². The van der Waals surface area contributed by atoms with Gasteiger partial charge in [-0.05, 0) is 42.2 Å². The standard InChI is InChI=1S/C32H36O5/c1-3-4-5-6-7-8-12-15-26(24-17-19-25(33)20-18-24)30-28(35)22-29(37-2)31(32(30)36)27(34)21-16-23-13-10-9-11-14-23/h9-22,26,33,35-36H,3-8H2,1-2H3/b15-12+,21-16+/t26-/m0/s1. The molecule has 0 fully saturated rings. The van der Waals surface area contributed by atoms with Crippen LogP contribution in [0, 0.1) is 0 Å². The second kappa shape index (κ2) is 13.9. The number of benzene rings is 3. The summed E-state index contributed by atoms with van der Waals surface area (Å²) < 4.78 is 5.36. The number of aromatic hydroxyl groups is 3. The summed E-state index contributed by atoms with van der Waals surface area (Å²) in [5.74, 6) is -1.28. The van der Waals surface area contributed by atoms with Gasteiger partial charge in [0.25, 0.3) is 0 Å².